The minimum atomic E-state index is -0.186. The van der Waals surface area contributed by atoms with E-state index < -0.39 is 0 Å². The summed E-state index contributed by atoms with van der Waals surface area (Å²) in [6.07, 6.45) is 10.1. The largest absolute Gasteiger partial charge is 0.392 e. The minimum Gasteiger partial charge on any atom is -0.392 e. The molecule has 3 heteroatoms. The predicted molar refractivity (Wildman–Crippen MR) is 85.1 cm³/mol. The first-order valence-electron chi connectivity index (χ1n) is 8.88. The van der Waals surface area contributed by atoms with Gasteiger partial charge in [0.05, 0.1) is 11.8 Å². The summed E-state index contributed by atoms with van der Waals surface area (Å²) in [5, 5.41) is 15.2. The van der Waals surface area contributed by atoms with Gasteiger partial charge in [0.1, 0.15) is 0 Å². The molecule has 3 nitrogen and oxygen atoms in total. The Bertz CT molecular complexity index is 468. The Hall–Kier alpha value is -0.830. The molecule has 0 bridgehead atoms. The number of rotatable bonds is 4. The quantitative estimate of drug-likeness (QED) is 0.917. The number of aromatic nitrogens is 2. The van der Waals surface area contributed by atoms with E-state index in [1.165, 1.54) is 50.6 Å². The van der Waals surface area contributed by atoms with Crippen LogP contribution in [0.15, 0.2) is 6.07 Å². The minimum absolute atomic E-state index is 0.186. The van der Waals surface area contributed by atoms with Crippen molar-refractivity contribution in [3.63, 3.8) is 0 Å². The standard InChI is InChI=1S/C18H30N2O/c1-3-20-17(10-13(2)19-20)12-18(21)16-9-8-14-6-4-5-7-15(14)11-16/h10,14-16,18,21H,3-9,11-12H2,1-2H3. The van der Waals surface area contributed by atoms with Crippen molar-refractivity contribution in [1.82, 2.24) is 9.78 Å². The van der Waals surface area contributed by atoms with Crippen LogP contribution < -0.4 is 0 Å². The van der Waals surface area contributed by atoms with Gasteiger partial charge in [-0.3, -0.25) is 4.68 Å². The van der Waals surface area contributed by atoms with Crippen molar-refractivity contribution in [1.29, 1.82) is 0 Å². The van der Waals surface area contributed by atoms with Crippen LogP contribution in [0.2, 0.25) is 0 Å². The number of hydrogen-bond acceptors (Lipinski definition) is 2. The normalized spacial score (nSPS) is 30.9. The molecule has 2 fully saturated rings. The first-order chi connectivity index (χ1) is 10.2. The molecule has 2 aliphatic carbocycles. The van der Waals surface area contributed by atoms with Crippen LogP contribution in [0.3, 0.4) is 0 Å². The lowest BCUT2D eigenvalue weighted by atomic mass is 9.66. The van der Waals surface area contributed by atoms with E-state index in [9.17, 15) is 5.11 Å². The second-order valence-electron chi connectivity index (χ2n) is 7.24. The Kier molecular flexibility index (Phi) is 4.68. The van der Waals surface area contributed by atoms with Gasteiger partial charge in [-0.2, -0.15) is 5.10 Å². The fourth-order valence-electron chi connectivity index (χ4n) is 4.68. The molecule has 0 aliphatic heterocycles. The molecule has 3 rings (SSSR count). The van der Waals surface area contributed by atoms with Gasteiger partial charge in [-0.1, -0.05) is 25.7 Å². The maximum atomic E-state index is 10.7. The van der Waals surface area contributed by atoms with Crippen LogP contribution in [-0.4, -0.2) is 21.0 Å². The van der Waals surface area contributed by atoms with Crippen molar-refractivity contribution in [3.8, 4) is 0 Å². The summed E-state index contributed by atoms with van der Waals surface area (Å²) in [7, 11) is 0. The second-order valence-corrected chi connectivity index (χ2v) is 7.24. The predicted octanol–water partition coefficient (Wildman–Crippen LogP) is 3.72. The molecule has 1 heterocycles. The van der Waals surface area contributed by atoms with Crippen LogP contribution in [0.4, 0.5) is 0 Å². The van der Waals surface area contributed by atoms with Gasteiger partial charge in [-0.05, 0) is 56.9 Å². The van der Waals surface area contributed by atoms with Gasteiger partial charge in [0.2, 0.25) is 0 Å². The summed E-state index contributed by atoms with van der Waals surface area (Å²) in [5.74, 6) is 2.36. The Morgan fingerprint density at radius 1 is 1.24 bits per heavy atom. The van der Waals surface area contributed by atoms with Gasteiger partial charge in [-0.15, -0.1) is 0 Å². The molecule has 1 N–H and O–H groups in total. The van der Waals surface area contributed by atoms with Crippen LogP contribution >= 0.6 is 0 Å². The Morgan fingerprint density at radius 3 is 2.76 bits per heavy atom. The van der Waals surface area contributed by atoms with E-state index in [2.05, 4.69) is 18.1 Å². The van der Waals surface area contributed by atoms with Crippen LogP contribution in [0.1, 0.15) is 63.3 Å². The van der Waals surface area contributed by atoms with E-state index in [0.717, 1.165) is 30.5 Å². The molecule has 118 valence electrons. The first-order valence-corrected chi connectivity index (χ1v) is 8.88. The summed E-state index contributed by atoms with van der Waals surface area (Å²) in [6.45, 7) is 5.05. The van der Waals surface area contributed by atoms with Crippen molar-refractivity contribution in [2.75, 3.05) is 0 Å². The number of hydrogen-bond donors (Lipinski definition) is 1. The number of aliphatic hydroxyl groups excluding tert-OH is 1. The third-order valence-corrected chi connectivity index (χ3v) is 5.83. The van der Waals surface area contributed by atoms with Gasteiger partial charge in [0.25, 0.3) is 0 Å². The lowest BCUT2D eigenvalue weighted by Gasteiger charge is -2.40. The highest BCUT2D eigenvalue weighted by atomic mass is 16.3. The number of fused-ring (bicyclic) bond motifs is 1. The van der Waals surface area contributed by atoms with Gasteiger partial charge in [-0.25, -0.2) is 0 Å². The van der Waals surface area contributed by atoms with Crippen molar-refractivity contribution in [2.45, 2.75) is 77.9 Å². The second kappa shape index (κ2) is 6.51. The molecule has 2 aliphatic rings. The van der Waals surface area contributed by atoms with Crippen LogP contribution in [0.25, 0.3) is 0 Å². The first kappa shape index (κ1) is 15.1. The van der Waals surface area contributed by atoms with E-state index in [1.807, 2.05) is 11.6 Å². The maximum Gasteiger partial charge on any atom is 0.0623 e. The summed E-state index contributed by atoms with van der Waals surface area (Å²) in [4.78, 5) is 0. The zero-order valence-electron chi connectivity index (χ0n) is 13.6. The molecule has 0 amide bonds. The highest BCUT2D eigenvalue weighted by Crippen LogP contribution is 2.43. The third kappa shape index (κ3) is 3.33. The fourth-order valence-corrected chi connectivity index (χ4v) is 4.68. The average Bonchev–Trinajstić information content (AvgIpc) is 2.86. The molecule has 4 atom stereocenters. The maximum absolute atomic E-state index is 10.7. The lowest BCUT2D eigenvalue weighted by Crippen LogP contribution is -2.34. The van der Waals surface area contributed by atoms with Crippen molar-refractivity contribution in [2.24, 2.45) is 17.8 Å². The van der Waals surface area contributed by atoms with Crippen LogP contribution in [0.5, 0.6) is 0 Å². The monoisotopic (exact) mass is 290 g/mol. The summed E-state index contributed by atoms with van der Waals surface area (Å²) < 4.78 is 2.05. The Labute approximate surface area is 128 Å². The number of nitrogens with zero attached hydrogens (tertiary/aromatic N) is 2. The highest BCUT2D eigenvalue weighted by Gasteiger charge is 2.35. The molecule has 21 heavy (non-hydrogen) atoms. The molecule has 2 saturated carbocycles. The molecule has 4 unspecified atom stereocenters. The van der Waals surface area contributed by atoms with Crippen molar-refractivity contribution in [3.05, 3.63) is 17.5 Å². The van der Waals surface area contributed by atoms with Crippen molar-refractivity contribution >= 4 is 0 Å². The van der Waals surface area contributed by atoms with Gasteiger partial charge in [0.15, 0.2) is 0 Å². The molecule has 0 saturated heterocycles. The summed E-state index contributed by atoms with van der Waals surface area (Å²) in [5.41, 5.74) is 2.27. The third-order valence-electron chi connectivity index (χ3n) is 5.83. The Balaban J connectivity index is 1.61. The lowest BCUT2D eigenvalue weighted by molar-refractivity contribution is 0.0350. The number of aryl methyl sites for hydroxylation is 2. The molecule has 1 aromatic rings. The van der Waals surface area contributed by atoms with Gasteiger partial charge < -0.3 is 5.11 Å². The molecule has 0 aromatic carbocycles. The molecule has 0 radical (unpaired) electrons. The van der Waals surface area contributed by atoms with Crippen LogP contribution in [-0.2, 0) is 13.0 Å². The highest BCUT2D eigenvalue weighted by molar-refractivity contribution is 5.10. The molecular formula is C18H30N2O. The molecule has 1 aromatic heterocycles. The molecule has 0 spiro atoms. The number of aliphatic hydroxyl groups is 1. The van der Waals surface area contributed by atoms with Gasteiger partial charge in [0, 0.05) is 18.7 Å². The van der Waals surface area contributed by atoms with Crippen LogP contribution in [0, 0.1) is 24.7 Å². The van der Waals surface area contributed by atoms with E-state index >= 15 is 0 Å². The topological polar surface area (TPSA) is 38.0 Å². The van der Waals surface area contributed by atoms with Crippen molar-refractivity contribution < 1.29 is 5.11 Å². The zero-order chi connectivity index (χ0) is 14.8. The smallest absolute Gasteiger partial charge is 0.0623 e. The van der Waals surface area contributed by atoms with Gasteiger partial charge >= 0.3 is 0 Å². The molecular weight excluding hydrogens is 260 g/mol. The van der Waals surface area contributed by atoms with E-state index in [4.69, 9.17) is 0 Å². The fraction of sp³-hybridized carbons (Fsp3) is 0.833. The average molecular weight is 290 g/mol. The summed E-state index contributed by atoms with van der Waals surface area (Å²) >= 11 is 0. The van der Waals surface area contributed by atoms with E-state index in [-0.39, 0.29) is 6.10 Å². The zero-order valence-corrected chi connectivity index (χ0v) is 13.6. The summed E-state index contributed by atoms with van der Waals surface area (Å²) in [6, 6.07) is 2.14. The van der Waals surface area contributed by atoms with E-state index in [0.29, 0.717) is 5.92 Å². The Morgan fingerprint density at radius 2 is 2.00 bits per heavy atom. The SMILES string of the molecule is CCn1nc(C)cc1CC(O)C1CCC2CCCCC2C1. The van der Waals surface area contributed by atoms with E-state index in [1.54, 1.807) is 0 Å².